The average molecular weight is 337 g/mol. The molecule has 25 heavy (non-hydrogen) atoms. The van der Waals surface area contributed by atoms with E-state index in [4.69, 9.17) is 10.00 Å². The fourth-order valence-corrected chi connectivity index (χ4v) is 2.18. The molecule has 0 unspecified atom stereocenters. The van der Waals surface area contributed by atoms with Gasteiger partial charge in [-0.25, -0.2) is 9.78 Å². The summed E-state index contributed by atoms with van der Waals surface area (Å²) in [6.07, 6.45) is 0.369. The molecule has 0 spiro atoms. The van der Waals surface area contributed by atoms with E-state index in [0.717, 1.165) is 0 Å². The molecule has 0 atom stereocenters. The Labute approximate surface area is 146 Å². The quantitative estimate of drug-likeness (QED) is 0.817. The third-order valence-electron chi connectivity index (χ3n) is 3.29. The van der Waals surface area contributed by atoms with Crippen LogP contribution in [0.4, 0.5) is 5.69 Å². The molecule has 1 N–H and O–H groups in total. The van der Waals surface area contributed by atoms with Gasteiger partial charge < -0.3 is 10.1 Å². The number of nitriles is 1. The van der Waals surface area contributed by atoms with Crippen LogP contribution in [-0.4, -0.2) is 16.9 Å². The molecule has 1 heterocycles. The van der Waals surface area contributed by atoms with E-state index in [0.29, 0.717) is 17.8 Å². The Kier molecular flexibility index (Phi) is 6.24. The van der Waals surface area contributed by atoms with Gasteiger partial charge in [0.25, 0.3) is 0 Å². The zero-order valence-corrected chi connectivity index (χ0v) is 14.2. The Bertz CT molecular complexity index is 810. The van der Waals surface area contributed by atoms with E-state index >= 15 is 0 Å². The second-order valence-electron chi connectivity index (χ2n) is 5.89. The average Bonchev–Trinajstić information content (AvgIpc) is 2.59. The van der Waals surface area contributed by atoms with Crippen molar-refractivity contribution in [2.45, 2.75) is 26.9 Å². The van der Waals surface area contributed by atoms with E-state index in [1.165, 1.54) is 0 Å². The molecule has 6 nitrogen and oxygen atoms in total. The van der Waals surface area contributed by atoms with Crippen LogP contribution in [0.3, 0.4) is 0 Å². The highest BCUT2D eigenvalue weighted by atomic mass is 16.5. The van der Waals surface area contributed by atoms with Crippen molar-refractivity contribution in [3.8, 4) is 6.07 Å². The van der Waals surface area contributed by atoms with Gasteiger partial charge in [0.05, 0.1) is 16.9 Å². The van der Waals surface area contributed by atoms with Gasteiger partial charge in [0.15, 0.2) is 0 Å². The summed E-state index contributed by atoms with van der Waals surface area (Å²) in [6.45, 7) is 3.84. The second-order valence-corrected chi connectivity index (χ2v) is 5.89. The monoisotopic (exact) mass is 337 g/mol. The lowest BCUT2D eigenvalue weighted by Gasteiger charge is -2.11. The molecule has 0 aliphatic carbocycles. The first-order valence-electron chi connectivity index (χ1n) is 7.91. The van der Waals surface area contributed by atoms with Crippen molar-refractivity contribution in [1.29, 1.82) is 5.26 Å². The van der Waals surface area contributed by atoms with E-state index < -0.39 is 5.97 Å². The first-order chi connectivity index (χ1) is 12.0. The number of carbonyl (C=O) groups is 2. The lowest BCUT2D eigenvalue weighted by atomic mass is 10.1. The second kappa shape index (κ2) is 8.60. The SMILES string of the molecule is CC(C)CC(=O)Nc1ccccc1C(=O)OCc1cccc(C#N)n1. The summed E-state index contributed by atoms with van der Waals surface area (Å²) >= 11 is 0. The molecular weight excluding hydrogens is 318 g/mol. The van der Waals surface area contributed by atoms with Crippen molar-refractivity contribution in [2.24, 2.45) is 5.92 Å². The Hall–Kier alpha value is -3.20. The smallest absolute Gasteiger partial charge is 0.340 e. The van der Waals surface area contributed by atoms with Crippen molar-refractivity contribution in [2.75, 3.05) is 5.32 Å². The van der Waals surface area contributed by atoms with Crippen molar-refractivity contribution in [3.05, 3.63) is 59.4 Å². The number of rotatable bonds is 6. The van der Waals surface area contributed by atoms with Gasteiger partial charge in [0.1, 0.15) is 18.4 Å². The number of nitrogens with zero attached hydrogens (tertiary/aromatic N) is 2. The molecule has 0 bridgehead atoms. The molecule has 1 amide bonds. The Morgan fingerprint density at radius 2 is 1.96 bits per heavy atom. The molecule has 1 aromatic heterocycles. The first kappa shape index (κ1) is 18.1. The number of para-hydroxylation sites is 1. The van der Waals surface area contributed by atoms with E-state index in [1.807, 2.05) is 19.9 Å². The van der Waals surface area contributed by atoms with Gasteiger partial charge in [-0.15, -0.1) is 0 Å². The Morgan fingerprint density at radius 3 is 2.68 bits per heavy atom. The molecule has 0 saturated carbocycles. The van der Waals surface area contributed by atoms with Crippen molar-refractivity contribution in [3.63, 3.8) is 0 Å². The minimum Gasteiger partial charge on any atom is -0.456 e. The number of anilines is 1. The minimum atomic E-state index is -0.565. The van der Waals surface area contributed by atoms with Crippen LogP contribution in [0.15, 0.2) is 42.5 Å². The standard InChI is InChI=1S/C19H19N3O3/c1-13(2)10-18(23)22-17-9-4-3-8-16(17)19(24)25-12-15-7-5-6-14(11-20)21-15/h3-9,13H,10,12H2,1-2H3,(H,22,23). The number of nitrogens with one attached hydrogen (secondary N) is 1. The van der Waals surface area contributed by atoms with Crippen LogP contribution in [0.2, 0.25) is 0 Å². The third-order valence-corrected chi connectivity index (χ3v) is 3.29. The molecule has 0 aliphatic rings. The molecule has 0 saturated heterocycles. The number of hydrogen-bond acceptors (Lipinski definition) is 5. The normalized spacial score (nSPS) is 10.2. The van der Waals surface area contributed by atoms with Crippen LogP contribution in [0.5, 0.6) is 0 Å². The highest BCUT2D eigenvalue weighted by Gasteiger charge is 2.15. The van der Waals surface area contributed by atoms with Crippen LogP contribution in [0, 0.1) is 17.2 Å². The van der Waals surface area contributed by atoms with Crippen molar-refractivity contribution in [1.82, 2.24) is 4.98 Å². The van der Waals surface area contributed by atoms with Crippen LogP contribution in [0.1, 0.15) is 42.0 Å². The third kappa shape index (κ3) is 5.43. The number of ether oxygens (including phenoxy) is 1. The zero-order valence-electron chi connectivity index (χ0n) is 14.2. The van der Waals surface area contributed by atoms with E-state index in [-0.39, 0.29) is 29.7 Å². The van der Waals surface area contributed by atoms with Crippen LogP contribution in [-0.2, 0) is 16.1 Å². The molecule has 1 aromatic carbocycles. The van der Waals surface area contributed by atoms with Crippen LogP contribution < -0.4 is 5.32 Å². The van der Waals surface area contributed by atoms with Crippen molar-refractivity contribution >= 4 is 17.6 Å². The Balaban J connectivity index is 2.06. The summed E-state index contributed by atoms with van der Waals surface area (Å²) in [5, 5.41) is 11.6. The molecule has 128 valence electrons. The van der Waals surface area contributed by atoms with Gasteiger partial charge in [-0.1, -0.05) is 32.0 Å². The predicted molar refractivity (Wildman–Crippen MR) is 92.6 cm³/mol. The molecule has 2 aromatic rings. The number of benzene rings is 1. The molecule has 2 rings (SSSR count). The van der Waals surface area contributed by atoms with Crippen LogP contribution in [0.25, 0.3) is 0 Å². The number of esters is 1. The lowest BCUT2D eigenvalue weighted by Crippen LogP contribution is -2.17. The molecule has 6 heteroatoms. The number of hydrogen-bond donors (Lipinski definition) is 1. The van der Waals surface area contributed by atoms with Crippen LogP contribution >= 0.6 is 0 Å². The first-order valence-corrected chi connectivity index (χ1v) is 7.91. The maximum absolute atomic E-state index is 12.3. The maximum Gasteiger partial charge on any atom is 0.340 e. The molecule has 0 radical (unpaired) electrons. The summed E-state index contributed by atoms with van der Waals surface area (Å²) < 4.78 is 5.25. The van der Waals surface area contributed by atoms with E-state index in [1.54, 1.807) is 42.5 Å². The zero-order chi connectivity index (χ0) is 18.2. The van der Waals surface area contributed by atoms with Gasteiger partial charge in [-0.3, -0.25) is 4.79 Å². The van der Waals surface area contributed by atoms with Gasteiger partial charge in [0, 0.05) is 6.42 Å². The fourth-order valence-electron chi connectivity index (χ4n) is 2.18. The number of carbonyl (C=O) groups excluding carboxylic acids is 2. The van der Waals surface area contributed by atoms with E-state index in [2.05, 4.69) is 10.3 Å². The molecule has 0 aliphatic heterocycles. The minimum absolute atomic E-state index is 0.0529. The molecular formula is C19H19N3O3. The van der Waals surface area contributed by atoms with Gasteiger partial charge in [-0.05, 0) is 30.2 Å². The fraction of sp³-hybridized carbons (Fsp3) is 0.263. The summed E-state index contributed by atoms with van der Waals surface area (Å²) in [7, 11) is 0. The van der Waals surface area contributed by atoms with Gasteiger partial charge >= 0.3 is 5.97 Å². The lowest BCUT2D eigenvalue weighted by molar-refractivity contribution is -0.116. The summed E-state index contributed by atoms with van der Waals surface area (Å²) in [5.74, 6) is -0.499. The summed E-state index contributed by atoms with van der Waals surface area (Å²) in [4.78, 5) is 28.3. The summed E-state index contributed by atoms with van der Waals surface area (Å²) in [5.41, 5.74) is 1.43. The predicted octanol–water partition coefficient (Wildman–Crippen LogP) is 3.29. The number of pyridine rings is 1. The summed E-state index contributed by atoms with van der Waals surface area (Å²) in [6, 6.07) is 13.5. The topological polar surface area (TPSA) is 92.1 Å². The van der Waals surface area contributed by atoms with Gasteiger partial charge in [0.2, 0.25) is 5.91 Å². The highest BCUT2D eigenvalue weighted by Crippen LogP contribution is 2.18. The van der Waals surface area contributed by atoms with Crippen molar-refractivity contribution < 1.29 is 14.3 Å². The Morgan fingerprint density at radius 1 is 1.20 bits per heavy atom. The van der Waals surface area contributed by atoms with E-state index in [9.17, 15) is 9.59 Å². The van der Waals surface area contributed by atoms with Gasteiger partial charge in [-0.2, -0.15) is 5.26 Å². The molecule has 0 fully saturated rings. The number of aromatic nitrogens is 1. The maximum atomic E-state index is 12.3. The largest absolute Gasteiger partial charge is 0.456 e. The number of amides is 1. The highest BCUT2D eigenvalue weighted by molar-refractivity contribution is 6.01.